The molecule has 0 heterocycles. The molecule has 18 heavy (non-hydrogen) atoms. The maximum absolute atomic E-state index is 11.8. The van der Waals surface area contributed by atoms with Crippen molar-refractivity contribution in [3.8, 4) is 5.75 Å². The Morgan fingerprint density at radius 3 is 2.56 bits per heavy atom. The van der Waals surface area contributed by atoms with Gasteiger partial charge in [0.2, 0.25) is 0 Å². The van der Waals surface area contributed by atoms with E-state index in [0.29, 0.717) is 24.2 Å². The third kappa shape index (κ3) is 5.10. The average Bonchev–Trinajstić information content (AvgIpc) is 2.41. The van der Waals surface area contributed by atoms with Gasteiger partial charge >= 0.3 is 0 Å². The molecule has 0 atom stereocenters. The molecular formula is C14H18O4. The lowest BCUT2D eigenvalue weighted by atomic mass is 10.0. The highest BCUT2D eigenvalue weighted by molar-refractivity contribution is 5.96. The Morgan fingerprint density at radius 1 is 1.22 bits per heavy atom. The molecule has 0 aromatic heterocycles. The zero-order chi connectivity index (χ0) is 13.2. The number of aldehydes is 1. The first kappa shape index (κ1) is 14.4. The highest BCUT2D eigenvalue weighted by atomic mass is 16.5. The van der Waals surface area contributed by atoms with Gasteiger partial charge in [-0.2, -0.15) is 0 Å². The molecular weight excluding hydrogens is 232 g/mol. The molecule has 1 rings (SSSR count). The van der Waals surface area contributed by atoms with Gasteiger partial charge in [0.1, 0.15) is 18.6 Å². The van der Waals surface area contributed by atoms with E-state index in [-0.39, 0.29) is 19.0 Å². The van der Waals surface area contributed by atoms with Gasteiger partial charge in [0, 0.05) is 18.4 Å². The first-order chi connectivity index (χ1) is 8.77. The fourth-order valence-electron chi connectivity index (χ4n) is 1.56. The SMILES string of the molecule is O=CCCCCC(=O)c1ccc(OCCO)cc1. The molecule has 0 aliphatic rings. The standard InChI is InChI=1S/C14H18O4/c15-9-3-1-2-4-14(17)12-5-7-13(8-6-12)18-11-10-16/h5-9,16H,1-4,10-11H2. The Morgan fingerprint density at radius 2 is 1.94 bits per heavy atom. The van der Waals surface area contributed by atoms with Gasteiger partial charge in [0.25, 0.3) is 0 Å². The minimum Gasteiger partial charge on any atom is -0.491 e. The van der Waals surface area contributed by atoms with Gasteiger partial charge < -0.3 is 14.6 Å². The number of Topliss-reactive ketones (excluding diaryl/α,β-unsaturated/α-hetero) is 1. The van der Waals surface area contributed by atoms with Crippen LogP contribution in [0.15, 0.2) is 24.3 Å². The fraction of sp³-hybridized carbons (Fsp3) is 0.429. The molecule has 1 aromatic rings. The van der Waals surface area contributed by atoms with E-state index in [1.54, 1.807) is 24.3 Å². The summed E-state index contributed by atoms with van der Waals surface area (Å²) in [6, 6.07) is 6.87. The molecule has 0 bridgehead atoms. The first-order valence-electron chi connectivity index (χ1n) is 6.08. The zero-order valence-electron chi connectivity index (χ0n) is 10.3. The monoisotopic (exact) mass is 250 g/mol. The van der Waals surface area contributed by atoms with E-state index >= 15 is 0 Å². The molecule has 0 radical (unpaired) electrons. The van der Waals surface area contributed by atoms with Crippen LogP contribution in [0, 0.1) is 0 Å². The van der Waals surface area contributed by atoms with E-state index in [2.05, 4.69) is 0 Å². The number of aliphatic hydroxyl groups is 1. The molecule has 98 valence electrons. The number of unbranched alkanes of at least 4 members (excludes halogenated alkanes) is 2. The summed E-state index contributed by atoms with van der Waals surface area (Å²) in [6.07, 6.45) is 3.34. The quantitative estimate of drug-likeness (QED) is 0.413. The van der Waals surface area contributed by atoms with Crippen molar-refractivity contribution in [1.82, 2.24) is 0 Å². The molecule has 0 fully saturated rings. The van der Waals surface area contributed by atoms with Crippen LogP contribution in [0.1, 0.15) is 36.0 Å². The Balaban J connectivity index is 2.41. The molecule has 0 spiro atoms. The van der Waals surface area contributed by atoms with Crippen LogP contribution in [-0.4, -0.2) is 30.4 Å². The van der Waals surface area contributed by atoms with Crippen LogP contribution in [0.2, 0.25) is 0 Å². The van der Waals surface area contributed by atoms with Gasteiger partial charge in [0.05, 0.1) is 6.61 Å². The van der Waals surface area contributed by atoms with E-state index in [0.717, 1.165) is 19.1 Å². The van der Waals surface area contributed by atoms with Crippen LogP contribution in [-0.2, 0) is 4.79 Å². The molecule has 0 aliphatic carbocycles. The van der Waals surface area contributed by atoms with Gasteiger partial charge in [-0.1, -0.05) is 0 Å². The number of aliphatic hydroxyl groups excluding tert-OH is 1. The Bertz CT molecular complexity index is 370. The van der Waals surface area contributed by atoms with Crippen molar-refractivity contribution in [3.05, 3.63) is 29.8 Å². The number of hydrogen-bond acceptors (Lipinski definition) is 4. The second-order valence-corrected chi connectivity index (χ2v) is 3.93. The summed E-state index contributed by atoms with van der Waals surface area (Å²) in [5.41, 5.74) is 0.650. The van der Waals surface area contributed by atoms with E-state index in [1.807, 2.05) is 0 Å². The Kier molecular flexibility index (Phi) is 6.72. The lowest BCUT2D eigenvalue weighted by Gasteiger charge is -2.05. The van der Waals surface area contributed by atoms with Gasteiger partial charge in [-0.25, -0.2) is 0 Å². The molecule has 4 nitrogen and oxygen atoms in total. The van der Waals surface area contributed by atoms with E-state index in [9.17, 15) is 9.59 Å². The minimum atomic E-state index is -0.0303. The minimum absolute atomic E-state index is 0.0303. The predicted octanol–water partition coefficient (Wildman–Crippen LogP) is 2.00. The first-order valence-corrected chi connectivity index (χ1v) is 6.08. The van der Waals surface area contributed by atoms with E-state index in [4.69, 9.17) is 9.84 Å². The number of hydrogen-bond donors (Lipinski definition) is 1. The third-order valence-corrected chi connectivity index (χ3v) is 2.51. The number of rotatable bonds is 9. The van der Waals surface area contributed by atoms with Crippen LogP contribution < -0.4 is 4.74 Å². The smallest absolute Gasteiger partial charge is 0.162 e. The molecule has 1 aromatic carbocycles. The molecule has 4 heteroatoms. The number of carbonyl (C=O) groups is 2. The van der Waals surface area contributed by atoms with Crippen LogP contribution in [0.4, 0.5) is 0 Å². The number of ether oxygens (including phenoxy) is 1. The summed E-state index contributed by atoms with van der Waals surface area (Å²) in [6.45, 7) is 0.219. The third-order valence-electron chi connectivity index (χ3n) is 2.51. The van der Waals surface area contributed by atoms with Crippen molar-refractivity contribution >= 4 is 12.1 Å². The number of benzene rings is 1. The van der Waals surface area contributed by atoms with Crippen LogP contribution in [0.3, 0.4) is 0 Å². The normalized spacial score (nSPS) is 10.1. The highest BCUT2D eigenvalue weighted by Crippen LogP contribution is 2.14. The average molecular weight is 250 g/mol. The Hall–Kier alpha value is -1.68. The summed E-state index contributed by atoms with van der Waals surface area (Å²) in [5.74, 6) is 0.719. The van der Waals surface area contributed by atoms with Crippen molar-refractivity contribution in [3.63, 3.8) is 0 Å². The number of ketones is 1. The van der Waals surface area contributed by atoms with Gasteiger partial charge in [-0.15, -0.1) is 0 Å². The van der Waals surface area contributed by atoms with Crippen molar-refractivity contribution in [2.24, 2.45) is 0 Å². The summed E-state index contributed by atoms with van der Waals surface area (Å²) in [5, 5.41) is 8.61. The van der Waals surface area contributed by atoms with E-state index < -0.39 is 0 Å². The summed E-state index contributed by atoms with van der Waals surface area (Å²) < 4.78 is 5.20. The van der Waals surface area contributed by atoms with Gasteiger partial charge in [-0.05, 0) is 37.1 Å². The second kappa shape index (κ2) is 8.42. The topological polar surface area (TPSA) is 63.6 Å². The molecule has 0 unspecified atom stereocenters. The van der Waals surface area contributed by atoms with Crippen LogP contribution in [0.25, 0.3) is 0 Å². The van der Waals surface area contributed by atoms with Crippen molar-refractivity contribution < 1.29 is 19.4 Å². The molecule has 0 saturated carbocycles. The van der Waals surface area contributed by atoms with Crippen LogP contribution >= 0.6 is 0 Å². The maximum atomic E-state index is 11.8. The highest BCUT2D eigenvalue weighted by Gasteiger charge is 2.05. The molecule has 1 N–H and O–H groups in total. The van der Waals surface area contributed by atoms with Crippen LogP contribution in [0.5, 0.6) is 5.75 Å². The van der Waals surface area contributed by atoms with Gasteiger partial charge in [-0.3, -0.25) is 4.79 Å². The fourth-order valence-corrected chi connectivity index (χ4v) is 1.56. The second-order valence-electron chi connectivity index (χ2n) is 3.93. The summed E-state index contributed by atoms with van der Waals surface area (Å²) in [4.78, 5) is 21.9. The zero-order valence-corrected chi connectivity index (χ0v) is 10.3. The number of carbonyl (C=O) groups excluding carboxylic acids is 2. The van der Waals surface area contributed by atoms with Crippen molar-refractivity contribution in [2.45, 2.75) is 25.7 Å². The van der Waals surface area contributed by atoms with E-state index in [1.165, 1.54) is 0 Å². The predicted molar refractivity (Wildman–Crippen MR) is 67.9 cm³/mol. The van der Waals surface area contributed by atoms with Crippen molar-refractivity contribution in [1.29, 1.82) is 0 Å². The summed E-state index contributed by atoms with van der Waals surface area (Å²) in [7, 11) is 0. The molecule has 0 saturated heterocycles. The lowest BCUT2D eigenvalue weighted by molar-refractivity contribution is -0.107. The lowest BCUT2D eigenvalue weighted by Crippen LogP contribution is -2.02. The summed E-state index contributed by atoms with van der Waals surface area (Å²) >= 11 is 0. The van der Waals surface area contributed by atoms with Gasteiger partial charge in [0.15, 0.2) is 5.78 Å². The molecule has 0 aliphatic heterocycles. The van der Waals surface area contributed by atoms with Crippen molar-refractivity contribution in [2.75, 3.05) is 13.2 Å². The Labute approximate surface area is 107 Å². The maximum Gasteiger partial charge on any atom is 0.162 e. The largest absolute Gasteiger partial charge is 0.491 e. The molecule has 0 amide bonds.